The maximum Gasteiger partial charge on any atom is 0.341 e. The Morgan fingerprint density at radius 1 is 1.12 bits per heavy atom. The molecule has 2 atom stereocenters. The number of carbonyl (C=O) groups excluding carboxylic acids is 2. The fraction of sp³-hybridized carbons (Fsp3) is 0.632. The summed E-state index contributed by atoms with van der Waals surface area (Å²) in [5.41, 5.74) is 1.45. The SMILES string of the molecule is CC(C)OC(=O)c1c(NC(=O)[C@H]2CCCC[C@@H]2C(=O)O)sc2c1CCC2. The van der Waals surface area contributed by atoms with Crippen LogP contribution in [0.5, 0.6) is 0 Å². The zero-order valence-corrected chi connectivity index (χ0v) is 16.0. The van der Waals surface area contributed by atoms with E-state index in [9.17, 15) is 19.5 Å². The summed E-state index contributed by atoms with van der Waals surface area (Å²) in [7, 11) is 0. The lowest BCUT2D eigenvalue weighted by Crippen LogP contribution is -2.36. The van der Waals surface area contributed by atoms with Crippen molar-refractivity contribution in [2.75, 3.05) is 5.32 Å². The number of aryl methyl sites for hydroxylation is 1. The quantitative estimate of drug-likeness (QED) is 0.762. The monoisotopic (exact) mass is 379 g/mol. The number of anilines is 1. The fourth-order valence-electron chi connectivity index (χ4n) is 3.93. The molecule has 3 rings (SSSR count). The molecule has 1 fully saturated rings. The van der Waals surface area contributed by atoms with E-state index in [1.165, 1.54) is 11.3 Å². The van der Waals surface area contributed by atoms with Crippen LogP contribution in [0.3, 0.4) is 0 Å². The largest absolute Gasteiger partial charge is 0.481 e. The molecule has 0 saturated heterocycles. The molecular weight excluding hydrogens is 354 g/mol. The van der Waals surface area contributed by atoms with Crippen molar-refractivity contribution in [3.63, 3.8) is 0 Å². The van der Waals surface area contributed by atoms with Crippen LogP contribution in [0.4, 0.5) is 5.00 Å². The molecule has 142 valence electrons. The number of ether oxygens (including phenoxy) is 1. The topological polar surface area (TPSA) is 92.7 Å². The van der Waals surface area contributed by atoms with Crippen LogP contribution in [-0.4, -0.2) is 29.1 Å². The Balaban J connectivity index is 1.84. The molecule has 0 radical (unpaired) electrons. The van der Waals surface area contributed by atoms with Gasteiger partial charge < -0.3 is 15.2 Å². The number of hydrogen-bond donors (Lipinski definition) is 2. The lowest BCUT2D eigenvalue weighted by molar-refractivity contribution is -0.147. The van der Waals surface area contributed by atoms with Gasteiger partial charge in [0.25, 0.3) is 0 Å². The molecule has 26 heavy (non-hydrogen) atoms. The van der Waals surface area contributed by atoms with Crippen LogP contribution in [0.15, 0.2) is 0 Å². The van der Waals surface area contributed by atoms with E-state index in [-0.39, 0.29) is 12.0 Å². The maximum absolute atomic E-state index is 12.8. The number of carboxylic acids is 1. The molecule has 2 N–H and O–H groups in total. The fourth-order valence-corrected chi connectivity index (χ4v) is 5.21. The van der Waals surface area contributed by atoms with Gasteiger partial charge in [0.15, 0.2) is 0 Å². The molecule has 7 heteroatoms. The van der Waals surface area contributed by atoms with Crippen LogP contribution in [0.25, 0.3) is 0 Å². The first-order chi connectivity index (χ1) is 12.4. The zero-order valence-electron chi connectivity index (χ0n) is 15.2. The average Bonchev–Trinajstić information content (AvgIpc) is 3.14. The normalized spacial score (nSPS) is 22.1. The summed E-state index contributed by atoms with van der Waals surface area (Å²) in [5.74, 6) is -2.82. The summed E-state index contributed by atoms with van der Waals surface area (Å²) < 4.78 is 5.37. The zero-order chi connectivity index (χ0) is 18.8. The molecule has 2 aliphatic carbocycles. The predicted octanol–water partition coefficient (Wildman–Crippen LogP) is 3.63. The van der Waals surface area contributed by atoms with Crippen molar-refractivity contribution >= 4 is 34.2 Å². The molecule has 1 aromatic heterocycles. The van der Waals surface area contributed by atoms with Crippen LogP contribution in [0, 0.1) is 11.8 Å². The van der Waals surface area contributed by atoms with Gasteiger partial charge in [0.1, 0.15) is 5.00 Å². The minimum absolute atomic E-state index is 0.238. The Labute approximate surface area is 156 Å². The van der Waals surface area contributed by atoms with Gasteiger partial charge in [0.2, 0.25) is 5.91 Å². The Bertz CT molecular complexity index is 724. The summed E-state index contributed by atoms with van der Waals surface area (Å²) in [6, 6.07) is 0. The van der Waals surface area contributed by atoms with E-state index in [1.807, 2.05) is 0 Å². The highest BCUT2D eigenvalue weighted by molar-refractivity contribution is 7.17. The second kappa shape index (κ2) is 7.78. The van der Waals surface area contributed by atoms with Crippen molar-refractivity contribution in [2.24, 2.45) is 11.8 Å². The van der Waals surface area contributed by atoms with Crippen molar-refractivity contribution in [3.05, 3.63) is 16.0 Å². The smallest absolute Gasteiger partial charge is 0.341 e. The lowest BCUT2D eigenvalue weighted by atomic mass is 9.79. The third kappa shape index (κ3) is 3.77. The Morgan fingerprint density at radius 2 is 1.81 bits per heavy atom. The molecular formula is C19H25NO5S. The number of carboxylic acid groups (broad SMARTS) is 1. The highest BCUT2D eigenvalue weighted by atomic mass is 32.1. The molecule has 0 aromatic carbocycles. The number of fused-ring (bicyclic) bond motifs is 1. The number of carbonyl (C=O) groups is 3. The van der Waals surface area contributed by atoms with Gasteiger partial charge in [0.05, 0.1) is 23.5 Å². The predicted molar refractivity (Wildman–Crippen MR) is 98.6 cm³/mol. The number of amides is 1. The van der Waals surface area contributed by atoms with Crippen LogP contribution < -0.4 is 5.32 Å². The number of hydrogen-bond acceptors (Lipinski definition) is 5. The molecule has 1 saturated carbocycles. The minimum atomic E-state index is -0.919. The van der Waals surface area contributed by atoms with Crippen molar-refractivity contribution in [1.82, 2.24) is 0 Å². The molecule has 2 aliphatic rings. The van der Waals surface area contributed by atoms with Crippen molar-refractivity contribution in [1.29, 1.82) is 0 Å². The van der Waals surface area contributed by atoms with E-state index < -0.39 is 23.8 Å². The van der Waals surface area contributed by atoms with Gasteiger partial charge in [-0.3, -0.25) is 9.59 Å². The molecule has 1 aromatic rings. The van der Waals surface area contributed by atoms with Gasteiger partial charge in [0, 0.05) is 4.88 Å². The number of aliphatic carboxylic acids is 1. The summed E-state index contributed by atoms with van der Waals surface area (Å²) >= 11 is 1.43. The third-order valence-corrected chi connectivity index (χ3v) is 6.33. The summed E-state index contributed by atoms with van der Waals surface area (Å²) in [6.45, 7) is 3.59. The van der Waals surface area contributed by atoms with Crippen LogP contribution in [-0.2, 0) is 27.2 Å². The molecule has 0 unspecified atom stereocenters. The minimum Gasteiger partial charge on any atom is -0.481 e. The Kier molecular flexibility index (Phi) is 5.65. The van der Waals surface area contributed by atoms with E-state index >= 15 is 0 Å². The molecule has 0 aliphatic heterocycles. The average molecular weight is 379 g/mol. The van der Waals surface area contributed by atoms with E-state index in [0.29, 0.717) is 23.4 Å². The van der Waals surface area contributed by atoms with Crippen molar-refractivity contribution in [3.8, 4) is 0 Å². The second-order valence-electron chi connectivity index (χ2n) is 7.34. The first-order valence-electron chi connectivity index (χ1n) is 9.27. The summed E-state index contributed by atoms with van der Waals surface area (Å²) in [4.78, 5) is 38.0. The van der Waals surface area contributed by atoms with Crippen molar-refractivity contribution < 1.29 is 24.2 Å². The maximum atomic E-state index is 12.8. The number of esters is 1. The number of rotatable bonds is 5. The summed E-state index contributed by atoms with van der Waals surface area (Å²) in [5, 5.41) is 12.8. The first kappa shape index (κ1) is 18.9. The Hall–Kier alpha value is -1.89. The first-order valence-corrected chi connectivity index (χ1v) is 10.1. The third-order valence-electron chi connectivity index (χ3n) is 5.12. The number of thiophene rings is 1. The van der Waals surface area contributed by atoms with Crippen LogP contribution >= 0.6 is 11.3 Å². The van der Waals surface area contributed by atoms with E-state index in [4.69, 9.17) is 4.74 Å². The van der Waals surface area contributed by atoms with Gasteiger partial charge in [-0.05, 0) is 51.5 Å². The highest BCUT2D eigenvalue weighted by Crippen LogP contribution is 2.40. The summed E-state index contributed by atoms with van der Waals surface area (Å²) in [6.07, 6.45) is 5.25. The molecule has 6 nitrogen and oxygen atoms in total. The van der Waals surface area contributed by atoms with Crippen LogP contribution in [0.2, 0.25) is 0 Å². The molecule has 0 spiro atoms. The van der Waals surface area contributed by atoms with E-state index in [0.717, 1.165) is 42.5 Å². The Morgan fingerprint density at radius 3 is 2.46 bits per heavy atom. The van der Waals surface area contributed by atoms with Gasteiger partial charge in [-0.2, -0.15) is 0 Å². The number of nitrogens with one attached hydrogen (secondary N) is 1. The highest BCUT2D eigenvalue weighted by Gasteiger charge is 2.37. The molecule has 1 amide bonds. The molecule has 1 heterocycles. The van der Waals surface area contributed by atoms with Crippen molar-refractivity contribution in [2.45, 2.75) is 64.9 Å². The molecule has 0 bridgehead atoms. The van der Waals surface area contributed by atoms with Gasteiger partial charge in [-0.25, -0.2) is 4.79 Å². The lowest BCUT2D eigenvalue weighted by Gasteiger charge is -2.27. The van der Waals surface area contributed by atoms with Gasteiger partial charge in [-0.15, -0.1) is 11.3 Å². The van der Waals surface area contributed by atoms with Crippen LogP contribution in [0.1, 0.15) is 66.8 Å². The standard InChI is InChI=1S/C19H25NO5S/c1-10(2)25-19(24)15-13-8-5-9-14(13)26-17(15)20-16(21)11-6-3-4-7-12(11)18(22)23/h10-12H,3-9H2,1-2H3,(H,20,21)(H,22,23)/t11-,12-/m0/s1. The van der Waals surface area contributed by atoms with Gasteiger partial charge >= 0.3 is 11.9 Å². The second-order valence-corrected chi connectivity index (χ2v) is 8.45. The van der Waals surface area contributed by atoms with Gasteiger partial charge in [-0.1, -0.05) is 12.8 Å². The van der Waals surface area contributed by atoms with E-state index in [2.05, 4.69) is 5.32 Å². The van der Waals surface area contributed by atoms with E-state index in [1.54, 1.807) is 13.8 Å².